The molecule has 2 aliphatic heterocycles. The fourth-order valence-electron chi connectivity index (χ4n) is 16.3. The summed E-state index contributed by atoms with van der Waals surface area (Å²) in [6, 6.07) is 20.9. The number of allylic oxidation sites excluding steroid dienone is 1. The number of fused-ring (bicyclic) bond motifs is 9. The second kappa shape index (κ2) is 21.4. The molecule has 2 saturated heterocycles. The third-order valence-corrected chi connectivity index (χ3v) is 20.2. The van der Waals surface area contributed by atoms with Gasteiger partial charge < -0.3 is 14.2 Å². The van der Waals surface area contributed by atoms with Crippen LogP contribution in [-0.4, -0.2) is 60.7 Å². The predicted octanol–water partition coefficient (Wildman–Crippen LogP) is 13.1. The number of carbonyl (C=O) groups is 5. The molecule has 3 aromatic rings. The number of carbonyl (C=O) groups excluding carboxylic acids is 5. The molecule has 0 spiro atoms. The Hall–Kier alpha value is -5.25. The topological polar surface area (TPSA) is 120 Å². The third-order valence-electron chi connectivity index (χ3n) is 20.2. The van der Waals surface area contributed by atoms with Crippen LogP contribution in [0.25, 0.3) is 6.08 Å². The van der Waals surface area contributed by atoms with Gasteiger partial charge in [-0.3, -0.25) is 28.9 Å². The smallest absolute Gasteiger partial charge is 0.238 e. The number of hydrogen-bond acceptors (Lipinski definition) is 8. The van der Waals surface area contributed by atoms with Crippen molar-refractivity contribution in [3.05, 3.63) is 89.5 Å². The van der Waals surface area contributed by atoms with Crippen molar-refractivity contribution >= 4 is 41.2 Å². The molecule has 0 aromatic heterocycles. The van der Waals surface area contributed by atoms with Crippen molar-refractivity contribution in [1.82, 2.24) is 4.90 Å². The second-order valence-corrected chi connectivity index (χ2v) is 25.0. The summed E-state index contributed by atoms with van der Waals surface area (Å²) in [5.74, 6) is 3.55. The molecule has 7 fully saturated rings. The fraction of sp³-hybridized carbons (Fsp3) is 0.609. The first kappa shape index (κ1) is 52.2. The van der Waals surface area contributed by atoms with E-state index in [-0.39, 0.29) is 23.7 Å². The molecular weight excluding hydrogens is 925 g/mol. The molecule has 7 aliphatic rings. The van der Waals surface area contributed by atoms with Crippen LogP contribution in [0.2, 0.25) is 0 Å². The van der Waals surface area contributed by atoms with Gasteiger partial charge in [-0.25, -0.2) is 4.90 Å². The first-order chi connectivity index (χ1) is 35.5. The molecule has 4 amide bonds. The maximum absolute atomic E-state index is 13.4. The summed E-state index contributed by atoms with van der Waals surface area (Å²) in [7, 11) is 1.41. The van der Waals surface area contributed by atoms with Gasteiger partial charge in [0.15, 0.2) is 5.78 Å². The highest BCUT2D eigenvalue weighted by Crippen LogP contribution is 2.68. The molecule has 0 N–H and O–H groups in total. The lowest BCUT2D eigenvalue weighted by atomic mass is 9.44. The number of benzene rings is 3. The molecule has 74 heavy (non-hydrogen) atoms. The minimum atomic E-state index is -0.779. The zero-order valence-electron chi connectivity index (χ0n) is 45.3. The molecule has 0 radical (unpaired) electrons. The Morgan fingerprint density at radius 3 is 1.96 bits per heavy atom. The number of hydrogen-bond donors (Lipinski definition) is 0. The number of imide groups is 2. The lowest BCUT2D eigenvalue weighted by molar-refractivity contribution is -0.146. The van der Waals surface area contributed by atoms with E-state index in [2.05, 4.69) is 34.6 Å². The second-order valence-electron chi connectivity index (χ2n) is 25.0. The number of ether oxygens (including phenoxy) is 3. The maximum atomic E-state index is 13.4. The minimum absolute atomic E-state index is 0.0370. The zero-order valence-corrected chi connectivity index (χ0v) is 45.3. The zero-order chi connectivity index (χ0) is 52.1. The average Bonchev–Trinajstić information content (AvgIpc) is 3.91. The summed E-state index contributed by atoms with van der Waals surface area (Å²) in [6.45, 7) is 15.7. The number of ketones is 1. The van der Waals surface area contributed by atoms with Crippen molar-refractivity contribution in [2.75, 3.05) is 25.2 Å². The van der Waals surface area contributed by atoms with Crippen molar-refractivity contribution in [3.8, 4) is 17.2 Å². The quantitative estimate of drug-likeness (QED) is 0.0475. The highest BCUT2D eigenvalue weighted by Gasteiger charge is 2.73. The van der Waals surface area contributed by atoms with Crippen molar-refractivity contribution in [1.29, 1.82) is 0 Å². The van der Waals surface area contributed by atoms with E-state index in [4.69, 9.17) is 14.2 Å². The Labute approximate surface area is 440 Å². The molecule has 10 rings (SSSR count). The SMILES string of the molecule is Cc1cc(OCCCCCCOc2ccc(/C=C/C(=O)c3ccc(OC4CCC5(C)C(CCC6C5CCC5(C)C(C(C)CCCC(C)C)CCC65)C4)cc3)cc2)cc(N2C(=O)C3C4C(=O)N(C)C(=O)C4C3C2=O)c1. The summed E-state index contributed by atoms with van der Waals surface area (Å²) in [6.07, 6.45) is 23.6. The lowest BCUT2D eigenvalue weighted by Gasteiger charge is -2.61. The van der Waals surface area contributed by atoms with Gasteiger partial charge in [0.2, 0.25) is 23.6 Å². The highest BCUT2D eigenvalue weighted by molar-refractivity contribution is 6.27. The molecule has 13 atom stereocenters. The Balaban J connectivity index is 0.615. The van der Waals surface area contributed by atoms with Crippen LogP contribution in [0.15, 0.2) is 72.8 Å². The van der Waals surface area contributed by atoms with E-state index in [1.165, 1.54) is 71.3 Å². The number of unbranched alkanes of at least 4 members (excludes halogenated alkanes) is 3. The fourth-order valence-corrected chi connectivity index (χ4v) is 16.3. The number of amides is 4. The number of nitrogens with zero attached hydrogens (tertiary/aromatic N) is 2. The van der Waals surface area contributed by atoms with Crippen LogP contribution in [0.3, 0.4) is 0 Å². The van der Waals surface area contributed by atoms with Crippen LogP contribution in [0, 0.1) is 82.9 Å². The standard InChI is InChI=1S/C64H82N2O8/c1-39(2)13-12-14-41(4)51-26-27-52-50-25-20-44-37-48(29-31-63(44,5)53(50)30-32-64(51,52)6)74-47-23-18-43(19-24-47)54(67)28-17-42-15-21-46(22-16-42)72-33-10-8-9-11-34-73-49-36-40(3)35-45(38-49)66-61(70)57-55-56(58(57)62(66)71)60(69)65(7)59(55)68/h15-19,21-24,28,35-36,38-39,41,44,48,50-53,55-58H,8-14,20,25-27,29-34,37H2,1-7H3/b28-17+. The van der Waals surface area contributed by atoms with E-state index in [1.807, 2.05) is 67.6 Å². The highest BCUT2D eigenvalue weighted by atomic mass is 16.5. The van der Waals surface area contributed by atoms with Crippen LogP contribution in [0.5, 0.6) is 17.2 Å². The van der Waals surface area contributed by atoms with E-state index in [0.29, 0.717) is 41.0 Å². The van der Waals surface area contributed by atoms with Gasteiger partial charge in [-0.15, -0.1) is 0 Å². The molecule has 2 heterocycles. The van der Waals surface area contributed by atoms with E-state index in [0.717, 1.165) is 112 Å². The minimum Gasteiger partial charge on any atom is -0.494 e. The monoisotopic (exact) mass is 1010 g/mol. The largest absolute Gasteiger partial charge is 0.494 e. The molecule has 0 bridgehead atoms. The Morgan fingerprint density at radius 2 is 1.28 bits per heavy atom. The van der Waals surface area contributed by atoms with E-state index in [1.54, 1.807) is 18.2 Å². The van der Waals surface area contributed by atoms with Gasteiger partial charge in [-0.05, 0) is 208 Å². The lowest BCUT2D eigenvalue weighted by Crippen LogP contribution is -2.54. The molecule has 5 saturated carbocycles. The molecule has 10 heteroatoms. The predicted molar refractivity (Wildman–Crippen MR) is 289 cm³/mol. The summed E-state index contributed by atoms with van der Waals surface area (Å²) >= 11 is 0. The van der Waals surface area contributed by atoms with Gasteiger partial charge in [0.1, 0.15) is 17.2 Å². The van der Waals surface area contributed by atoms with Crippen molar-refractivity contribution in [3.63, 3.8) is 0 Å². The van der Waals surface area contributed by atoms with Gasteiger partial charge >= 0.3 is 0 Å². The van der Waals surface area contributed by atoms with Crippen LogP contribution in [0.4, 0.5) is 5.69 Å². The van der Waals surface area contributed by atoms with Crippen LogP contribution >= 0.6 is 0 Å². The molecule has 5 aliphatic carbocycles. The molecular formula is C64H82N2O8. The molecule has 3 aromatic carbocycles. The number of likely N-dealkylation sites (tertiary alicyclic amines) is 1. The summed E-state index contributed by atoms with van der Waals surface area (Å²) in [5.41, 5.74) is 3.80. The summed E-state index contributed by atoms with van der Waals surface area (Å²) in [4.78, 5) is 67.4. The van der Waals surface area contributed by atoms with Crippen LogP contribution in [0.1, 0.15) is 159 Å². The Morgan fingerprint density at radius 1 is 0.662 bits per heavy atom. The molecule has 396 valence electrons. The summed E-state index contributed by atoms with van der Waals surface area (Å²) in [5, 5.41) is 0. The first-order valence-corrected chi connectivity index (χ1v) is 28.7. The number of aryl methyl sites for hydroxylation is 1. The maximum Gasteiger partial charge on any atom is 0.238 e. The normalized spacial score (nSPS) is 32.5. The average molecular weight is 1010 g/mol. The van der Waals surface area contributed by atoms with Crippen molar-refractivity contribution < 1.29 is 38.2 Å². The molecule has 10 nitrogen and oxygen atoms in total. The number of rotatable bonds is 20. The Kier molecular flexibility index (Phi) is 15.1. The van der Waals surface area contributed by atoms with Gasteiger partial charge in [-0.2, -0.15) is 0 Å². The van der Waals surface area contributed by atoms with Gasteiger partial charge in [0.25, 0.3) is 0 Å². The van der Waals surface area contributed by atoms with E-state index in [9.17, 15) is 24.0 Å². The van der Waals surface area contributed by atoms with Crippen molar-refractivity contribution in [2.45, 2.75) is 150 Å². The number of anilines is 1. The third kappa shape index (κ3) is 9.90. The Bertz CT molecular complexity index is 2560. The van der Waals surface area contributed by atoms with Crippen LogP contribution in [-0.2, 0) is 19.2 Å². The van der Waals surface area contributed by atoms with E-state index < -0.39 is 35.5 Å². The first-order valence-electron chi connectivity index (χ1n) is 28.7. The van der Waals surface area contributed by atoms with E-state index >= 15 is 0 Å². The van der Waals surface area contributed by atoms with Gasteiger partial charge in [0.05, 0.1) is 48.7 Å². The molecule has 13 unspecified atom stereocenters. The van der Waals surface area contributed by atoms with Gasteiger partial charge in [0, 0.05) is 18.7 Å². The van der Waals surface area contributed by atoms with Crippen molar-refractivity contribution in [2.24, 2.45) is 75.9 Å². The van der Waals surface area contributed by atoms with Crippen LogP contribution < -0.4 is 19.1 Å². The summed E-state index contributed by atoms with van der Waals surface area (Å²) < 4.78 is 18.7. The van der Waals surface area contributed by atoms with Gasteiger partial charge in [-0.1, -0.05) is 72.1 Å².